The van der Waals surface area contributed by atoms with Crippen LogP contribution in [0, 0.1) is 12.7 Å². The lowest BCUT2D eigenvalue weighted by Crippen LogP contribution is -2.01. The number of fused-ring (bicyclic) bond motifs is 1. The molecule has 1 aromatic heterocycles. The molecule has 2 N–H and O–H groups in total. The summed E-state index contributed by atoms with van der Waals surface area (Å²) in [5, 5.41) is 10.0. The van der Waals surface area contributed by atoms with E-state index in [4.69, 9.17) is 9.84 Å². The van der Waals surface area contributed by atoms with Crippen molar-refractivity contribution in [3.05, 3.63) is 93.3 Å². The molecule has 3 aromatic carbocycles. The molecule has 4 aromatic rings. The Balaban J connectivity index is 1.62. The van der Waals surface area contributed by atoms with Crippen LogP contribution in [0.15, 0.2) is 65.3 Å². The van der Waals surface area contributed by atoms with Crippen LogP contribution in [0.5, 0.6) is 11.5 Å². The number of carboxylic acid groups (broad SMARTS) is 1. The standard InChI is InChI=1S/C24H19BrFNO3/c1-14-8-16(11-23(28)29)10-21(25)24(14)30-19-6-7-22-20(12-19)17(13-27-22)9-15-2-4-18(26)5-3-15/h2-8,10,12-13,27H,9,11H2,1H3,(H,28,29). The maximum Gasteiger partial charge on any atom is 0.307 e. The summed E-state index contributed by atoms with van der Waals surface area (Å²) >= 11 is 3.50. The number of hydrogen-bond acceptors (Lipinski definition) is 2. The number of carbonyl (C=O) groups is 1. The molecule has 4 nitrogen and oxygen atoms in total. The number of aromatic amines is 1. The molecule has 0 bridgehead atoms. The average molecular weight is 468 g/mol. The Labute approximate surface area is 181 Å². The van der Waals surface area contributed by atoms with Crippen molar-refractivity contribution in [3.63, 3.8) is 0 Å². The number of aryl methyl sites for hydroxylation is 1. The second-order valence-corrected chi connectivity index (χ2v) is 8.08. The topological polar surface area (TPSA) is 62.3 Å². The van der Waals surface area contributed by atoms with Gasteiger partial charge in [0.05, 0.1) is 10.9 Å². The van der Waals surface area contributed by atoms with E-state index in [1.165, 1.54) is 12.1 Å². The Kier molecular flexibility index (Phi) is 5.59. The summed E-state index contributed by atoms with van der Waals surface area (Å²) in [5.41, 5.74) is 4.67. The van der Waals surface area contributed by atoms with Crippen molar-refractivity contribution in [3.8, 4) is 11.5 Å². The second kappa shape index (κ2) is 8.32. The minimum absolute atomic E-state index is 0.0399. The molecule has 0 amide bonds. The molecule has 0 fully saturated rings. The first-order chi connectivity index (χ1) is 14.4. The average Bonchev–Trinajstić information content (AvgIpc) is 3.08. The summed E-state index contributed by atoms with van der Waals surface area (Å²) < 4.78 is 20.0. The Morgan fingerprint density at radius 1 is 1.10 bits per heavy atom. The van der Waals surface area contributed by atoms with Crippen LogP contribution in [-0.4, -0.2) is 16.1 Å². The van der Waals surface area contributed by atoms with Crippen molar-refractivity contribution in [2.75, 3.05) is 0 Å². The van der Waals surface area contributed by atoms with Crippen LogP contribution in [0.1, 0.15) is 22.3 Å². The van der Waals surface area contributed by atoms with Gasteiger partial charge in [-0.2, -0.15) is 0 Å². The lowest BCUT2D eigenvalue weighted by Gasteiger charge is -2.13. The first-order valence-electron chi connectivity index (χ1n) is 9.42. The summed E-state index contributed by atoms with van der Waals surface area (Å²) in [6, 6.07) is 15.9. The number of nitrogens with one attached hydrogen (secondary N) is 1. The van der Waals surface area contributed by atoms with Gasteiger partial charge in [0.1, 0.15) is 17.3 Å². The SMILES string of the molecule is Cc1cc(CC(=O)O)cc(Br)c1Oc1ccc2[nH]cc(Cc3ccc(F)cc3)c2c1. The van der Waals surface area contributed by atoms with Gasteiger partial charge in [0.15, 0.2) is 0 Å². The van der Waals surface area contributed by atoms with Crippen LogP contribution in [0.4, 0.5) is 4.39 Å². The van der Waals surface area contributed by atoms with E-state index in [0.29, 0.717) is 28.0 Å². The Bertz CT molecular complexity index is 1210. The minimum Gasteiger partial charge on any atom is -0.481 e. The Hall–Kier alpha value is -3.12. The number of H-pyrrole nitrogens is 1. The van der Waals surface area contributed by atoms with E-state index >= 15 is 0 Å². The zero-order valence-electron chi connectivity index (χ0n) is 16.2. The molecule has 6 heteroatoms. The molecular formula is C24H19BrFNO3. The van der Waals surface area contributed by atoms with E-state index in [-0.39, 0.29) is 12.2 Å². The smallest absolute Gasteiger partial charge is 0.307 e. The quantitative estimate of drug-likeness (QED) is 0.345. The molecule has 0 aliphatic heterocycles. The lowest BCUT2D eigenvalue weighted by molar-refractivity contribution is -0.136. The van der Waals surface area contributed by atoms with Crippen LogP contribution in [0.3, 0.4) is 0 Å². The van der Waals surface area contributed by atoms with Crippen molar-refractivity contribution >= 4 is 32.8 Å². The van der Waals surface area contributed by atoms with Crippen LogP contribution >= 0.6 is 15.9 Å². The molecule has 0 saturated heterocycles. The zero-order valence-corrected chi connectivity index (χ0v) is 17.8. The molecule has 0 aliphatic rings. The fourth-order valence-corrected chi connectivity index (χ4v) is 4.20. The van der Waals surface area contributed by atoms with E-state index in [9.17, 15) is 9.18 Å². The molecule has 30 heavy (non-hydrogen) atoms. The van der Waals surface area contributed by atoms with E-state index in [1.807, 2.05) is 37.4 Å². The molecule has 4 rings (SSSR count). The monoisotopic (exact) mass is 467 g/mol. The third kappa shape index (κ3) is 4.39. The number of hydrogen-bond donors (Lipinski definition) is 2. The predicted octanol–water partition coefficient (Wildman–Crippen LogP) is 6.39. The van der Waals surface area contributed by atoms with Crippen molar-refractivity contribution < 1.29 is 19.0 Å². The maximum atomic E-state index is 13.2. The molecule has 0 unspecified atom stereocenters. The first-order valence-corrected chi connectivity index (χ1v) is 10.2. The van der Waals surface area contributed by atoms with Gasteiger partial charge in [-0.1, -0.05) is 18.2 Å². The minimum atomic E-state index is -0.874. The van der Waals surface area contributed by atoms with Crippen molar-refractivity contribution in [1.82, 2.24) is 4.98 Å². The molecule has 152 valence electrons. The highest BCUT2D eigenvalue weighted by molar-refractivity contribution is 9.10. The van der Waals surface area contributed by atoms with Gasteiger partial charge in [0.25, 0.3) is 0 Å². The molecule has 0 saturated carbocycles. The van der Waals surface area contributed by atoms with Crippen molar-refractivity contribution in [2.24, 2.45) is 0 Å². The van der Waals surface area contributed by atoms with Crippen LogP contribution in [0.2, 0.25) is 0 Å². The lowest BCUT2D eigenvalue weighted by atomic mass is 10.0. The fraction of sp³-hybridized carbons (Fsp3) is 0.125. The van der Waals surface area contributed by atoms with Gasteiger partial charge in [0.2, 0.25) is 0 Å². The second-order valence-electron chi connectivity index (χ2n) is 7.22. The van der Waals surface area contributed by atoms with Gasteiger partial charge >= 0.3 is 5.97 Å². The van der Waals surface area contributed by atoms with E-state index in [1.54, 1.807) is 18.2 Å². The van der Waals surface area contributed by atoms with Gasteiger partial charge in [-0.25, -0.2) is 4.39 Å². The number of rotatable bonds is 6. The van der Waals surface area contributed by atoms with Crippen molar-refractivity contribution in [2.45, 2.75) is 19.8 Å². The van der Waals surface area contributed by atoms with Gasteiger partial charge in [0, 0.05) is 17.1 Å². The van der Waals surface area contributed by atoms with Crippen LogP contribution in [0.25, 0.3) is 10.9 Å². The maximum absolute atomic E-state index is 13.2. The number of halogens is 2. The molecule has 0 atom stereocenters. The summed E-state index contributed by atoms with van der Waals surface area (Å²) in [6.07, 6.45) is 2.60. The highest BCUT2D eigenvalue weighted by Gasteiger charge is 2.12. The first kappa shape index (κ1) is 20.2. The highest BCUT2D eigenvalue weighted by atomic mass is 79.9. The van der Waals surface area contributed by atoms with E-state index in [0.717, 1.165) is 27.6 Å². The molecular weight excluding hydrogens is 449 g/mol. The third-order valence-corrected chi connectivity index (χ3v) is 5.50. The Morgan fingerprint density at radius 2 is 1.87 bits per heavy atom. The normalized spacial score (nSPS) is 11.0. The number of ether oxygens (including phenoxy) is 1. The predicted molar refractivity (Wildman–Crippen MR) is 118 cm³/mol. The fourth-order valence-electron chi connectivity index (χ4n) is 3.52. The summed E-state index contributed by atoms with van der Waals surface area (Å²) in [7, 11) is 0. The number of benzene rings is 3. The van der Waals surface area contributed by atoms with Gasteiger partial charge in [-0.05, 0) is 87.9 Å². The summed E-state index contributed by atoms with van der Waals surface area (Å²) in [6.45, 7) is 1.89. The van der Waals surface area contributed by atoms with Gasteiger partial charge < -0.3 is 14.8 Å². The molecule has 0 aliphatic carbocycles. The van der Waals surface area contributed by atoms with Crippen LogP contribution in [-0.2, 0) is 17.6 Å². The number of aliphatic carboxylic acids is 1. The zero-order chi connectivity index (χ0) is 21.3. The summed E-state index contributed by atoms with van der Waals surface area (Å²) in [4.78, 5) is 14.2. The van der Waals surface area contributed by atoms with Crippen LogP contribution < -0.4 is 4.74 Å². The number of aromatic nitrogens is 1. The van der Waals surface area contributed by atoms with E-state index in [2.05, 4.69) is 20.9 Å². The molecule has 1 heterocycles. The Morgan fingerprint density at radius 3 is 2.57 bits per heavy atom. The third-order valence-electron chi connectivity index (χ3n) is 4.91. The van der Waals surface area contributed by atoms with Gasteiger partial charge in [-0.15, -0.1) is 0 Å². The number of carboxylic acids is 1. The molecule has 0 radical (unpaired) electrons. The van der Waals surface area contributed by atoms with Gasteiger partial charge in [-0.3, -0.25) is 4.79 Å². The summed E-state index contributed by atoms with van der Waals surface area (Å²) in [5.74, 6) is 0.210. The molecule has 0 spiro atoms. The highest BCUT2D eigenvalue weighted by Crippen LogP contribution is 2.36. The van der Waals surface area contributed by atoms with Crippen molar-refractivity contribution in [1.29, 1.82) is 0 Å². The van der Waals surface area contributed by atoms with E-state index < -0.39 is 5.97 Å². The largest absolute Gasteiger partial charge is 0.481 e.